The van der Waals surface area contributed by atoms with Gasteiger partial charge in [0, 0.05) is 31.0 Å². The fourth-order valence-corrected chi connectivity index (χ4v) is 3.44. The third kappa shape index (κ3) is 6.34. The van der Waals surface area contributed by atoms with Crippen LogP contribution in [0.5, 0.6) is 0 Å². The number of hydrogen-bond acceptors (Lipinski definition) is 5. The second-order valence-corrected chi connectivity index (χ2v) is 7.44. The molecule has 7 heteroatoms. The Kier molecular flexibility index (Phi) is 7.74. The summed E-state index contributed by atoms with van der Waals surface area (Å²) in [5.41, 5.74) is 1.91. The summed E-state index contributed by atoms with van der Waals surface area (Å²) in [6.45, 7) is 4.10. The first-order chi connectivity index (χ1) is 12.0. The molecule has 1 aliphatic rings. The quantitative estimate of drug-likeness (QED) is 0.757. The number of ether oxygens (including phenoxy) is 1. The Balaban J connectivity index is 1.91. The summed E-state index contributed by atoms with van der Waals surface area (Å²) >= 11 is 1.86. The number of morpholine rings is 1. The fourth-order valence-electron chi connectivity index (χ4n) is 2.80. The van der Waals surface area contributed by atoms with Crippen molar-refractivity contribution in [2.24, 2.45) is 0 Å². The van der Waals surface area contributed by atoms with Crippen LogP contribution in [0.4, 0.5) is 0 Å². The van der Waals surface area contributed by atoms with Crippen LogP contribution in [0.15, 0.2) is 24.3 Å². The number of carbonyl (C=O) groups is 2. The molecule has 1 aromatic rings. The zero-order valence-electron chi connectivity index (χ0n) is 14.8. The summed E-state index contributed by atoms with van der Waals surface area (Å²) in [6.07, 6.45) is -0.165. The Morgan fingerprint density at radius 2 is 2.08 bits per heavy atom. The number of likely N-dealkylation sites (N-methyl/N-ethyl adjacent to an activating group) is 1. The number of amides is 1. The molecule has 138 valence electrons. The van der Waals surface area contributed by atoms with Crippen LogP contribution in [0.1, 0.15) is 22.8 Å². The van der Waals surface area contributed by atoms with Crippen molar-refractivity contribution in [3.63, 3.8) is 0 Å². The highest BCUT2D eigenvalue weighted by atomic mass is 32.2. The van der Waals surface area contributed by atoms with Crippen molar-refractivity contribution in [1.82, 2.24) is 9.80 Å². The summed E-state index contributed by atoms with van der Waals surface area (Å²) in [7, 11) is 1.74. The van der Waals surface area contributed by atoms with Gasteiger partial charge < -0.3 is 14.7 Å². The molecule has 0 radical (unpaired) electrons. The normalized spacial score (nSPS) is 17.7. The number of nitrogens with zero attached hydrogens (tertiary/aromatic N) is 2. The number of benzene rings is 1. The zero-order chi connectivity index (χ0) is 18.2. The second-order valence-electron chi connectivity index (χ2n) is 6.17. The molecule has 1 unspecified atom stereocenters. The van der Waals surface area contributed by atoms with E-state index in [1.807, 2.05) is 36.0 Å². The van der Waals surface area contributed by atoms with Gasteiger partial charge in [-0.3, -0.25) is 14.5 Å². The number of aliphatic carboxylic acids is 1. The van der Waals surface area contributed by atoms with Crippen molar-refractivity contribution in [1.29, 1.82) is 0 Å². The zero-order valence-corrected chi connectivity index (χ0v) is 15.6. The maximum atomic E-state index is 12.7. The van der Waals surface area contributed by atoms with E-state index in [-0.39, 0.29) is 18.6 Å². The van der Waals surface area contributed by atoms with Crippen LogP contribution in [-0.4, -0.2) is 78.5 Å². The highest BCUT2D eigenvalue weighted by Gasteiger charge is 2.26. The highest BCUT2D eigenvalue weighted by Crippen LogP contribution is 2.15. The average Bonchev–Trinajstić information content (AvgIpc) is 2.59. The molecule has 1 fully saturated rings. The topological polar surface area (TPSA) is 70.1 Å². The Morgan fingerprint density at radius 1 is 1.36 bits per heavy atom. The molecule has 1 saturated heterocycles. The molecule has 2 rings (SSSR count). The van der Waals surface area contributed by atoms with E-state index in [9.17, 15) is 9.59 Å². The van der Waals surface area contributed by atoms with E-state index in [1.54, 1.807) is 16.8 Å². The van der Waals surface area contributed by atoms with Crippen molar-refractivity contribution in [3.05, 3.63) is 35.4 Å². The number of thioether (sulfide) groups is 1. The summed E-state index contributed by atoms with van der Waals surface area (Å²) in [6, 6.07) is 7.78. The molecule has 0 bridgehead atoms. The average molecular weight is 366 g/mol. The molecule has 0 saturated carbocycles. The third-order valence-electron chi connectivity index (χ3n) is 4.02. The van der Waals surface area contributed by atoms with Gasteiger partial charge in [-0.15, -0.1) is 0 Å². The van der Waals surface area contributed by atoms with Crippen molar-refractivity contribution in [2.45, 2.75) is 18.8 Å². The number of carboxylic acid groups (broad SMARTS) is 1. The minimum atomic E-state index is -0.868. The third-order valence-corrected chi connectivity index (χ3v) is 4.97. The summed E-state index contributed by atoms with van der Waals surface area (Å²) in [4.78, 5) is 26.9. The summed E-state index contributed by atoms with van der Waals surface area (Å²) < 4.78 is 5.68. The van der Waals surface area contributed by atoms with Gasteiger partial charge in [0.2, 0.25) is 0 Å². The molecule has 6 nitrogen and oxygen atoms in total. The van der Waals surface area contributed by atoms with E-state index < -0.39 is 5.97 Å². The van der Waals surface area contributed by atoms with Crippen LogP contribution in [0.2, 0.25) is 0 Å². The predicted molar refractivity (Wildman–Crippen MR) is 99.1 cm³/mol. The number of carbonyl (C=O) groups excluding carboxylic acids is 1. The Hall–Kier alpha value is -1.57. The fraction of sp³-hybridized carbons (Fsp3) is 0.556. The van der Waals surface area contributed by atoms with E-state index in [4.69, 9.17) is 9.84 Å². The van der Waals surface area contributed by atoms with Crippen molar-refractivity contribution in [2.75, 3.05) is 45.6 Å². The lowest BCUT2D eigenvalue weighted by Gasteiger charge is -2.34. The lowest BCUT2D eigenvalue weighted by molar-refractivity contribution is -0.138. The first-order valence-corrected chi connectivity index (χ1v) is 9.63. The standard InChI is InChI=1S/C18H26N2O4S/c1-3-25-13-14-4-6-15(7-5-14)18(23)20-8-9-24-16(11-20)10-19(2)12-17(21)22/h4-7,16H,3,8-13H2,1-2H3,(H,21,22). The molecule has 1 aliphatic heterocycles. The van der Waals surface area contributed by atoms with Gasteiger partial charge in [0.05, 0.1) is 19.3 Å². The van der Waals surface area contributed by atoms with Gasteiger partial charge in [0.1, 0.15) is 0 Å². The molecule has 1 aromatic carbocycles. The van der Waals surface area contributed by atoms with Gasteiger partial charge >= 0.3 is 5.97 Å². The van der Waals surface area contributed by atoms with E-state index in [1.165, 1.54) is 5.56 Å². The van der Waals surface area contributed by atoms with Gasteiger partial charge in [0.15, 0.2) is 0 Å². The molecule has 0 aromatic heterocycles. The van der Waals surface area contributed by atoms with Crippen LogP contribution < -0.4 is 0 Å². The molecule has 1 amide bonds. The summed E-state index contributed by atoms with van der Waals surface area (Å²) in [5, 5.41) is 8.83. The lowest BCUT2D eigenvalue weighted by Crippen LogP contribution is -2.49. The molecule has 1 heterocycles. The lowest BCUT2D eigenvalue weighted by atomic mass is 10.1. The van der Waals surface area contributed by atoms with Gasteiger partial charge in [-0.25, -0.2) is 0 Å². The van der Waals surface area contributed by atoms with E-state index in [2.05, 4.69) is 6.92 Å². The van der Waals surface area contributed by atoms with Crippen LogP contribution in [0.3, 0.4) is 0 Å². The largest absolute Gasteiger partial charge is 0.480 e. The Labute approximate surface area is 153 Å². The number of hydrogen-bond donors (Lipinski definition) is 1. The smallest absolute Gasteiger partial charge is 0.317 e. The molecule has 0 aliphatic carbocycles. The molecular weight excluding hydrogens is 340 g/mol. The van der Waals surface area contributed by atoms with Crippen LogP contribution >= 0.6 is 11.8 Å². The van der Waals surface area contributed by atoms with Gasteiger partial charge in [-0.05, 0) is 30.5 Å². The molecule has 25 heavy (non-hydrogen) atoms. The van der Waals surface area contributed by atoms with Gasteiger partial charge in [-0.1, -0.05) is 19.1 Å². The van der Waals surface area contributed by atoms with E-state index in [0.717, 1.165) is 11.5 Å². The van der Waals surface area contributed by atoms with Crippen molar-refractivity contribution in [3.8, 4) is 0 Å². The van der Waals surface area contributed by atoms with E-state index >= 15 is 0 Å². The molecule has 1 atom stereocenters. The highest BCUT2D eigenvalue weighted by molar-refractivity contribution is 7.98. The van der Waals surface area contributed by atoms with E-state index in [0.29, 0.717) is 31.8 Å². The first kappa shape index (κ1) is 19.8. The summed E-state index contributed by atoms with van der Waals surface area (Å²) in [5.74, 6) is 1.17. The Morgan fingerprint density at radius 3 is 2.72 bits per heavy atom. The minimum absolute atomic E-state index is 0.00359. The number of carboxylic acids is 1. The molecule has 1 N–H and O–H groups in total. The van der Waals surface area contributed by atoms with Crippen molar-refractivity contribution < 1.29 is 19.4 Å². The molecular formula is C18H26N2O4S. The Bertz CT molecular complexity index is 579. The monoisotopic (exact) mass is 366 g/mol. The maximum Gasteiger partial charge on any atom is 0.317 e. The molecule has 0 spiro atoms. The predicted octanol–water partition coefficient (Wildman–Crippen LogP) is 1.80. The SMILES string of the molecule is CCSCc1ccc(C(=O)N2CCOC(CN(C)CC(=O)O)C2)cc1. The van der Waals surface area contributed by atoms with Gasteiger partial charge in [-0.2, -0.15) is 11.8 Å². The minimum Gasteiger partial charge on any atom is -0.480 e. The second kappa shape index (κ2) is 9.79. The van der Waals surface area contributed by atoms with Crippen LogP contribution in [0, 0.1) is 0 Å². The van der Waals surface area contributed by atoms with Gasteiger partial charge in [0.25, 0.3) is 5.91 Å². The van der Waals surface area contributed by atoms with Crippen LogP contribution in [-0.2, 0) is 15.3 Å². The van der Waals surface area contributed by atoms with Crippen LogP contribution in [0.25, 0.3) is 0 Å². The maximum absolute atomic E-state index is 12.7. The van der Waals surface area contributed by atoms with Crippen molar-refractivity contribution >= 4 is 23.6 Å². The number of rotatable bonds is 8. The first-order valence-electron chi connectivity index (χ1n) is 8.47.